The standard InChI is InChI=1S/C26H37N3O7/c1-14-9-18-17-6-5-15-10-16(28-29-21(33)12-27-23(34)36-4)7-8-24(15,2)22(17)19(31)11-25(18,3)26(14,35)20(32)13-30/h7-8,10,14,17-19,22,30-31,35H,5-6,9,11-13H2,1-4H3,(H,27,34)(H,29,33)/b28-16+/t14-,17+,18?,19+,22?,24+,25+,26+/m1/s1. The Labute approximate surface area is 210 Å². The number of hydrogen-bond donors (Lipinski definition) is 5. The fraction of sp³-hybridized carbons (Fsp3) is 0.692. The molecule has 5 N–H and O–H groups in total. The molecule has 8 atom stereocenters. The number of nitrogens with one attached hydrogen (secondary N) is 2. The van der Waals surface area contributed by atoms with Crippen LogP contribution in [0, 0.1) is 34.5 Å². The SMILES string of the molecule is COC(=O)NCC(=O)N/N=C1\C=C[C@@]2(C)C(=C1)CC[C@@H]1C2[C@@H](O)C[C@@]2(C)C1C[C@@H](C)[C@]2(O)C(=O)CO. The predicted octanol–water partition coefficient (Wildman–Crippen LogP) is 1.06. The van der Waals surface area contributed by atoms with Crippen LogP contribution >= 0.6 is 0 Å². The van der Waals surface area contributed by atoms with Crippen LogP contribution in [-0.4, -0.2) is 70.8 Å². The van der Waals surface area contributed by atoms with Gasteiger partial charge < -0.3 is 25.4 Å². The maximum Gasteiger partial charge on any atom is 0.407 e. The Morgan fingerprint density at radius 2 is 2.00 bits per heavy atom. The van der Waals surface area contributed by atoms with Crippen LogP contribution in [0.1, 0.15) is 46.5 Å². The Hall–Kier alpha value is -2.56. The molecule has 3 fully saturated rings. The first kappa shape index (κ1) is 26.5. The molecule has 0 saturated heterocycles. The topological polar surface area (TPSA) is 158 Å². The van der Waals surface area contributed by atoms with Crippen LogP contribution in [0.5, 0.6) is 0 Å². The minimum atomic E-state index is -1.65. The largest absolute Gasteiger partial charge is 0.453 e. The monoisotopic (exact) mass is 503 g/mol. The third-order valence-corrected chi connectivity index (χ3v) is 9.55. The van der Waals surface area contributed by atoms with E-state index in [0.717, 1.165) is 18.4 Å². The number of amides is 2. The van der Waals surface area contributed by atoms with Crippen LogP contribution in [0.15, 0.2) is 28.9 Å². The molecule has 198 valence electrons. The van der Waals surface area contributed by atoms with Gasteiger partial charge in [0.15, 0.2) is 5.78 Å². The van der Waals surface area contributed by atoms with E-state index in [1.54, 1.807) is 0 Å². The van der Waals surface area contributed by atoms with Crippen LogP contribution in [0.2, 0.25) is 0 Å². The first-order valence-electron chi connectivity index (χ1n) is 12.6. The zero-order chi connectivity index (χ0) is 26.5. The number of ether oxygens (including phenoxy) is 1. The number of aliphatic hydroxyl groups excluding tert-OH is 2. The highest BCUT2D eigenvalue weighted by atomic mass is 16.5. The molecule has 0 bridgehead atoms. The molecule has 36 heavy (non-hydrogen) atoms. The van der Waals surface area contributed by atoms with Gasteiger partial charge in [0.05, 0.1) is 18.9 Å². The van der Waals surface area contributed by atoms with Gasteiger partial charge in [0.1, 0.15) is 18.8 Å². The summed E-state index contributed by atoms with van der Waals surface area (Å²) in [5.41, 5.74) is 1.22. The van der Waals surface area contributed by atoms with E-state index >= 15 is 0 Å². The van der Waals surface area contributed by atoms with E-state index in [0.29, 0.717) is 12.1 Å². The Morgan fingerprint density at radius 1 is 1.28 bits per heavy atom. The van der Waals surface area contributed by atoms with Gasteiger partial charge in [-0.3, -0.25) is 9.59 Å². The molecule has 4 rings (SSSR count). The normalized spacial score (nSPS) is 42.0. The highest BCUT2D eigenvalue weighted by molar-refractivity contribution is 6.06. The lowest BCUT2D eigenvalue weighted by atomic mass is 9.46. The summed E-state index contributed by atoms with van der Waals surface area (Å²) in [7, 11) is 1.21. The Kier molecular flexibility index (Phi) is 6.91. The number of hydrazone groups is 1. The number of hydrogen-bond acceptors (Lipinski definition) is 8. The number of ketones is 1. The van der Waals surface area contributed by atoms with Gasteiger partial charge in [0.25, 0.3) is 5.91 Å². The van der Waals surface area contributed by atoms with Gasteiger partial charge in [0, 0.05) is 16.7 Å². The molecule has 10 heteroatoms. The van der Waals surface area contributed by atoms with E-state index in [9.17, 15) is 29.7 Å². The lowest BCUT2D eigenvalue weighted by Gasteiger charge is -2.59. The molecule has 0 radical (unpaired) electrons. The molecule has 2 unspecified atom stereocenters. The summed E-state index contributed by atoms with van der Waals surface area (Å²) in [4.78, 5) is 35.8. The van der Waals surface area contributed by atoms with Gasteiger partial charge in [-0.25, -0.2) is 10.2 Å². The number of fused-ring (bicyclic) bond motifs is 5. The van der Waals surface area contributed by atoms with Crippen molar-refractivity contribution in [2.45, 2.75) is 58.2 Å². The van der Waals surface area contributed by atoms with Crippen molar-refractivity contribution in [1.82, 2.24) is 10.7 Å². The van der Waals surface area contributed by atoms with Gasteiger partial charge in [-0.1, -0.05) is 32.4 Å². The smallest absolute Gasteiger partial charge is 0.407 e. The van der Waals surface area contributed by atoms with E-state index in [-0.39, 0.29) is 36.6 Å². The van der Waals surface area contributed by atoms with Crippen molar-refractivity contribution in [1.29, 1.82) is 0 Å². The summed E-state index contributed by atoms with van der Waals surface area (Å²) in [5.74, 6) is -1.29. The molecule has 4 aliphatic rings. The molecule has 2 amide bonds. The third kappa shape index (κ3) is 3.90. The highest BCUT2D eigenvalue weighted by Crippen LogP contribution is 2.68. The summed E-state index contributed by atoms with van der Waals surface area (Å²) in [6.07, 6.45) is 6.87. The maximum absolute atomic E-state index is 12.7. The van der Waals surface area contributed by atoms with Crippen LogP contribution in [0.25, 0.3) is 0 Å². The predicted molar refractivity (Wildman–Crippen MR) is 131 cm³/mol. The molecule has 4 aliphatic carbocycles. The van der Waals surface area contributed by atoms with E-state index in [2.05, 4.69) is 27.5 Å². The molecule has 0 aromatic carbocycles. The van der Waals surface area contributed by atoms with Gasteiger partial charge in [0.2, 0.25) is 0 Å². The lowest BCUT2D eigenvalue weighted by Crippen LogP contribution is -2.62. The fourth-order valence-corrected chi connectivity index (χ4v) is 7.84. The molecule has 0 aliphatic heterocycles. The Balaban J connectivity index is 1.55. The quantitative estimate of drug-likeness (QED) is 0.351. The average molecular weight is 504 g/mol. The number of carbonyl (C=O) groups excluding carboxylic acids is 3. The van der Waals surface area contributed by atoms with Crippen molar-refractivity contribution in [3.8, 4) is 0 Å². The molecular formula is C26H37N3O7. The molecule has 3 saturated carbocycles. The summed E-state index contributed by atoms with van der Waals surface area (Å²) in [6.45, 7) is 4.91. The van der Waals surface area contributed by atoms with Crippen molar-refractivity contribution in [2.75, 3.05) is 20.3 Å². The number of alkyl carbamates (subject to hydrolysis) is 1. The minimum absolute atomic E-state index is 0.0461. The van der Waals surface area contributed by atoms with Crippen LogP contribution in [0.4, 0.5) is 4.79 Å². The van der Waals surface area contributed by atoms with Crippen molar-refractivity contribution in [2.24, 2.45) is 39.6 Å². The Morgan fingerprint density at radius 3 is 2.67 bits per heavy atom. The summed E-state index contributed by atoms with van der Waals surface area (Å²) >= 11 is 0. The third-order valence-electron chi connectivity index (χ3n) is 9.55. The first-order valence-corrected chi connectivity index (χ1v) is 12.6. The van der Waals surface area contributed by atoms with Gasteiger partial charge in [-0.15, -0.1) is 0 Å². The van der Waals surface area contributed by atoms with E-state index in [1.807, 2.05) is 32.1 Å². The molecule has 0 spiro atoms. The maximum atomic E-state index is 12.7. The van der Waals surface area contributed by atoms with Crippen molar-refractivity contribution >= 4 is 23.5 Å². The number of methoxy groups -OCH3 is 1. The van der Waals surface area contributed by atoms with Gasteiger partial charge in [-0.05, 0) is 55.6 Å². The molecule has 10 nitrogen and oxygen atoms in total. The number of Topliss-reactive ketones (excluding diaryl/α,β-unsaturated/α-hetero) is 1. The van der Waals surface area contributed by atoms with Crippen LogP contribution < -0.4 is 10.7 Å². The highest BCUT2D eigenvalue weighted by Gasteiger charge is 2.70. The fourth-order valence-electron chi connectivity index (χ4n) is 7.84. The van der Waals surface area contributed by atoms with E-state index < -0.39 is 46.9 Å². The van der Waals surface area contributed by atoms with Gasteiger partial charge in [-0.2, -0.15) is 5.10 Å². The number of aliphatic hydroxyl groups is 3. The zero-order valence-electron chi connectivity index (χ0n) is 21.3. The van der Waals surface area contributed by atoms with Crippen molar-refractivity contribution in [3.05, 3.63) is 23.8 Å². The number of rotatable bonds is 5. The Bertz CT molecular complexity index is 1040. The number of carbonyl (C=O) groups is 3. The second-order valence-corrected chi connectivity index (χ2v) is 11.2. The summed E-state index contributed by atoms with van der Waals surface area (Å²) in [5, 5.41) is 39.1. The lowest BCUT2D eigenvalue weighted by molar-refractivity contribution is -0.183. The van der Waals surface area contributed by atoms with Crippen LogP contribution in [-0.2, 0) is 14.3 Å². The van der Waals surface area contributed by atoms with E-state index in [4.69, 9.17) is 0 Å². The molecule has 0 heterocycles. The van der Waals surface area contributed by atoms with Crippen LogP contribution in [0.3, 0.4) is 0 Å². The van der Waals surface area contributed by atoms with E-state index in [1.165, 1.54) is 7.11 Å². The average Bonchev–Trinajstić information content (AvgIpc) is 3.06. The minimum Gasteiger partial charge on any atom is -0.453 e. The van der Waals surface area contributed by atoms with Crippen molar-refractivity contribution in [3.63, 3.8) is 0 Å². The molecule has 0 aromatic rings. The molecular weight excluding hydrogens is 466 g/mol. The number of nitrogens with zero attached hydrogens (tertiary/aromatic N) is 1. The first-order chi connectivity index (χ1) is 16.9. The molecule has 0 aromatic heterocycles. The number of allylic oxidation sites excluding steroid dienone is 4. The zero-order valence-corrected chi connectivity index (χ0v) is 21.3. The van der Waals surface area contributed by atoms with Gasteiger partial charge >= 0.3 is 6.09 Å². The summed E-state index contributed by atoms with van der Waals surface area (Å²) in [6, 6.07) is 0. The second-order valence-electron chi connectivity index (χ2n) is 11.2. The summed E-state index contributed by atoms with van der Waals surface area (Å²) < 4.78 is 4.44. The van der Waals surface area contributed by atoms with Crippen molar-refractivity contribution < 1.29 is 34.4 Å². The second kappa shape index (κ2) is 9.39.